The van der Waals surface area contributed by atoms with Crippen LogP contribution < -0.4 is 5.32 Å². The molecule has 1 amide bonds. The van der Waals surface area contributed by atoms with Gasteiger partial charge in [-0.05, 0) is 83.7 Å². The van der Waals surface area contributed by atoms with Gasteiger partial charge in [-0.2, -0.15) is 40.7 Å². The van der Waals surface area contributed by atoms with E-state index in [1.54, 1.807) is 4.68 Å². The predicted octanol–water partition coefficient (Wildman–Crippen LogP) is 2.27. The van der Waals surface area contributed by atoms with E-state index in [9.17, 15) is 39.9 Å². The third-order valence-electron chi connectivity index (χ3n) is 8.49. The highest BCUT2D eigenvalue weighted by Gasteiger charge is 2.35. The third-order valence-corrected chi connectivity index (χ3v) is 11.4. The van der Waals surface area contributed by atoms with Gasteiger partial charge in [0, 0.05) is 13.0 Å². The zero-order valence-corrected chi connectivity index (χ0v) is 28.1. The van der Waals surface area contributed by atoms with E-state index < -0.39 is 47.7 Å². The van der Waals surface area contributed by atoms with Crippen LogP contribution in [0, 0.1) is 11.3 Å². The van der Waals surface area contributed by atoms with E-state index in [4.69, 9.17) is 9.11 Å². The van der Waals surface area contributed by atoms with Gasteiger partial charge in [0.1, 0.15) is 11.6 Å². The van der Waals surface area contributed by atoms with Crippen LogP contribution in [0.25, 0.3) is 0 Å². The molecule has 20 heteroatoms. The Labute approximate surface area is 270 Å². The Morgan fingerprint density at radius 1 is 0.978 bits per heavy atom. The van der Waals surface area contributed by atoms with Crippen LogP contribution in [0.2, 0.25) is 0 Å². The number of nitrogens with zero attached hydrogens (tertiary/aromatic N) is 6. The maximum Gasteiger partial charge on any atom is 0.267 e. The summed E-state index contributed by atoms with van der Waals surface area (Å²) in [6, 6.07) is 0.845. The highest BCUT2D eigenvalue weighted by molar-refractivity contribution is 7.86. The zero-order chi connectivity index (χ0) is 34.1. The van der Waals surface area contributed by atoms with Crippen molar-refractivity contribution in [2.75, 3.05) is 24.6 Å². The van der Waals surface area contributed by atoms with Crippen LogP contribution in [-0.2, 0) is 35.1 Å². The first kappa shape index (κ1) is 37.9. The molecular formula is C26H43N7O10S3. The molecule has 17 nitrogen and oxygen atoms in total. The number of nitriles is 1. The molecule has 0 saturated heterocycles. The lowest BCUT2D eigenvalue weighted by atomic mass is 9.86. The second kappa shape index (κ2) is 16.5. The van der Waals surface area contributed by atoms with Crippen LogP contribution in [0.4, 0.5) is 5.82 Å². The van der Waals surface area contributed by atoms with Crippen LogP contribution in [0.15, 0.2) is 16.4 Å². The van der Waals surface area contributed by atoms with Crippen molar-refractivity contribution in [2.24, 2.45) is 10.2 Å². The van der Waals surface area contributed by atoms with Crippen molar-refractivity contribution in [3.63, 3.8) is 0 Å². The van der Waals surface area contributed by atoms with Gasteiger partial charge in [-0.1, -0.05) is 0 Å². The van der Waals surface area contributed by atoms with Crippen molar-refractivity contribution in [2.45, 2.75) is 107 Å². The Bertz CT molecular complexity index is 1540. The monoisotopic (exact) mass is 709 g/mol. The second-order valence-electron chi connectivity index (χ2n) is 12.0. The molecule has 3 atom stereocenters. The molecule has 3 unspecified atom stereocenters. The average Bonchev–Trinajstić information content (AvgIpc) is 3.36. The SMILES string of the molecule is CC(=O)NC1CC(N(CCCCS(=O)(=O)O)CCCCS(=O)(=O)O)CCC1N=Nc1c(C#N)cnn1C1CCC(S(=O)(=O)O)CC1. The van der Waals surface area contributed by atoms with E-state index in [2.05, 4.69) is 31.6 Å². The second-order valence-corrected chi connectivity index (χ2v) is 16.8. The number of carbonyl (C=O) groups excluding carboxylic acids is 1. The average molecular weight is 710 g/mol. The summed E-state index contributed by atoms with van der Waals surface area (Å²) in [7, 11) is -12.4. The van der Waals surface area contributed by atoms with Crippen molar-refractivity contribution in [1.29, 1.82) is 5.26 Å². The van der Waals surface area contributed by atoms with Gasteiger partial charge in [0.25, 0.3) is 30.4 Å². The van der Waals surface area contributed by atoms with Crippen molar-refractivity contribution in [3.8, 4) is 6.07 Å². The fourth-order valence-electron chi connectivity index (χ4n) is 6.21. The fraction of sp³-hybridized carbons (Fsp3) is 0.808. The summed E-state index contributed by atoms with van der Waals surface area (Å²) < 4.78 is 96.9. The number of aromatic nitrogens is 2. The number of nitrogens with one attached hydrogen (secondary N) is 1. The van der Waals surface area contributed by atoms with Crippen LogP contribution in [0.1, 0.15) is 89.2 Å². The maximum atomic E-state index is 12.2. The van der Waals surface area contributed by atoms with Crippen molar-refractivity contribution >= 4 is 42.1 Å². The predicted molar refractivity (Wildman–Crippen MR) is 166 cm³/mol. The normalized spacial score (nSPS) is 24.7. The molecule has 1 heterocycles. The smallest absolute Gasteiger partial charge is 0.267 e. The van der Waals surface area contributed by atoms with Crippen molar-refractivity contribution in [1.82, 2.24) is 20.0 Å². The van der Waals surface area contributed by atoms with Crippen LogP contribution in [0.5, 0.6) is 0 Å². The molecular weight excluding hydrogens is 667 g/mol. The minimum atomic E-state index is -4.15. The standard InChI is InChI=1S/C26H43N7O10S3/c1-19(34)29-25-16-22(32(12-2-4-14-44(35,36)37)13-3-5-15-45(38,39)40)8-11-24(25)30-31-26-20(17-27)18-28-33(26)21-6-9-23(10-7-21)46(41,42)43/h18,21-25H,2-16H2,1H3,(H,29,34)(H,35,36,37)(H,38,39,40)(H,41,42,43). The molecule has 0 aromatic carbocycles. The molecule has 0 bridgehead atoms. The number of azo groups is 1. The van der Waals surface area contributed by atoms with Gasteiger partial charge in [0.05, 0.1) is 41.1 Å². The fourth-order valence-corrected chi connectivity index (χ4v) is 8.22. The van der Waals surface area contributed by atoms with Crippen LogP contribution in [-0.4, -0.2) is 107 Å². The van der Waals surface area contributed by atoms with E-state index in [-0.39, 0.29) is 66.6 Å². The number of unbranched alkanes of at least 4 members (excludes halogenated alkanes) is 2. The number of amides is 1. The summed E-state index contributed by atoms with van der Waals surface area (Å²) in [4.78, 5) is 14.3. The lowest BCUT2D eigenvalue weighted by molar-refractivity contribution is -0.120. The Hall–Kier alpha value is -2.54. The summed E-state index contributed by atoms with van der Waals surface area (Å²) in [6.07, 6.45) is 5.60. The molecule has 1 aromatic heterocycles. The Kier molecular flexibility index (Phi) is 13.6. The van der Waals surface area contributed by atoms with Gasteiger partial charge in [0.2, 0.25) is 5.91 Å². The largest absolute Gasteiger partial charge is 0.351 e. The van der Waals surface area contributed by atoms with Gasteiger partial charge in [-0.15, -0.1) is 5.11 Å². The van der Waals surface area contributed by atoms with Gasteiger partial charge in [-0.25, -0.2) is 4.68 Å². The summed E-state index contributed by atoms with van der Waals surface area (Å²) >= 11 is 0. The topological polar surface area (TPSA) is 262 Å². The van der Waals surface area contributed by atoms with E-state index >= 15 is 0 Å². The lowest BCUT2D eigenvalue weighted by Crippen LogP contribution is -2.51. The quantitative estimate of drug-likeness (QED) is 0.109. The molecule has 0 radical (unpaired) electrons. The first-order valence-corrected chi connectivity index (χ1v) is 19.9. The third kappa shape index (κ3) is 12.2. The molecule has 2 fully saturated rings. The lowest BCUT2D eigenvalue weighted by Gasteiger charge is -2.40. The van der Waals surface area contributed by atoms with Crippen molar-refractivity contribution < 1.29 is 43.7 Å². The number of rotatable bonds is 16. The summed E-state index contributed by atoms with van der Waals surface area (Å²) in [5, 5.41) is 25.0. The minimum Gasteiger partial charge on any atom is -0.351 e. The van der Waals surface area contributed by atoms with E-state index in [1.807, 2.05) is 0 Å². The highest BCUT2D eigenvalue weighted by atomic mass is 32.2. The summed E-state index contributed by atoms with van der Waals surface area (Å²) in [5.41, 5.74) is 0.186. The first-order chi connectivity index (χ1) is 21.5. The summed E-state index contributed by atoms with van der Waals surface area (Å²) in [6.45, 7) is 2.32. The number of carbonyl (C=O) groups is 1. The molecule has 0 aliphatic heterocycles. The molecule has 2 saturated carbocycles. The highest BCUT2D eigenvalue weighted by Crippen LogP contribution is 2.36. The molecule has 2 aliphatic rings. The molecule has 2 aliphatic carbocycles. The van der Waals surface area contributed by atoms with Gasteiger partial charge < -0.3 is 10.2 Å². The molecule has 46 heavy (non-hydrogen) atoms. The number of hydrogen-bond acceptors (Lipinski definition) is 12. The molecule has 4 N–H and O–H groups in total. The van der Waals surface area contributed by atoms with Gasteiger partial charge in [0.15, 0.2) is 5.82 Å². The van der Waals surface area contributed by atoms with E-state index in [0.29, 0.717) is 58.0 Å². The van der Waals surface area contributed by atoms with Crippen LogP contribution >= 0.6 is 0 Å². The van der Waals surface area contributed by atoms with E-state index in [1.165, 1.54) is 13.1 Å². The van der Waals surface area contributed by atoms with Gasteiger partial charge >= 0.3 is 0 Å². The number of hydrogen-bond donors (Lipinski definition) is 4. The minimum absolute atomic E-state index is 0.0713. The zero-order valence-electron chi connectivity index (χ0n) is 25.7. The molecule has 3 rings (SSSR count). The maximum absolute atomic E-state index is 12.2. The molecule has 260 valence electrons. The van der Waals surface area contributed by atoms with Gasteiger partial charge in [-0.3, -0.25) is 18.5 Å². The van der Waals surface area contributed by atoms with Crippen molar-refractivity contribution in [3.05, 3.63) is 11.8 Å². The molecule has 1 aromatic rings. The Balaban J connectivity index is 1.74. The van der Waals surface area contributed by atoms with E-state index in [0.717, 1.165) is 0 Å². The van der Waals surface area contributed by atoms with Crippen LogP contribution in [0.3, 0.4) is 0 Å². The molecule has 0 spiro atoms. The Morgan fingerprint density at radius 3 is 2.07 bits per heavy atom. The summed E-state index contributed by atoms with van der Waals surface area (Å²) in [5.74, 6) is -0.818. The Morgan fingerprint density at radius 2 is 1.57 bits per heavy atom. The first-order valence-electron chi connectivity index (χ1n) is 15.2.